The summed E-state index contributed by atoms with van der Waals surface area (Å²) < 4.78 is 12.5. The lowest BCUT2D eigenvalue weighted by molar-refractivity contribution is 0.0912. The Morgan fingerprint density at radius 2 is 1.69 bits per heavy atom. The van der Waals surface area contributed by atoms with Crippen LogP contribution in [0, 0.1) is 12.8 Å². The number of nitrogens with zero attached hydrogens (tertiary/aromatic N) is 3. The van der Waals surface area contributed by atoms with Crippen molar-refractivity contribution in [3.8, 4) is 17.4 Å². The predicted octanol–water partition coefficient (Wildman–Crippen LogP) is 6.50. The second kappa shape index (κ2) is 13.5. The van der Waals surface area contributed by atoms with Crippen molar-refractivity contribution in [1.29, 1.82) is 0 Å². The number of aryl methyl sites for hydroxylation is 1. The van der Waals surface area contributed by atoms with E-state index in [1.54, 1.807) is 16.8 Å². The monoisotopic (exact) mass is 610 g/mol. The number of carbonyl (C=O) groups excluding carboxylic acids is 2. The van der Waals surface area contributed by atoms with Gasteiger partial charge in [-0.1, -0.05) is 50.6 Å². The fourth-order valence-electron chi connectivity index (χ4n) is 5.67. The number of aromatic nitrogens is 3. The van der Waals surface area contributed by atoms with Crippen molar-refractivity contribution in [3.05, 3.63) is 89.1 Å². The topological polar surface area (TPSA) is 119 Å². The van der Waals surface area contributed by atoms with E-state index in [0.717, 1.165) is 48.4 Å². The molecule has 1 aliphatic rings. The van der Waals surface area contributed by atoms with Crippen LogP contribution < -0.4 is 25.4 Å². The highest BCUT2D eigenvalue weighted by Gasteiger charge is 2.34. The number of pyridine rings is 1. The normalized spacial score (nSPS) is 14.4. The summed E-state index contributed by atoms with van der Waals surface area (Å²) in [5.74, 6) is 0.739. The third-order valence-corrected chi connectivity index (χ3v) is 8.14. The zero-order valence-electron chi connectivity index (χ0n) is 26.8. The SMILES string of the molecule is COc1ccc(C(=O)C(c2cccc(NC(=O)Nc3cc(C(C)(C)C)nn3-c3ccc(C)cc3)c2)C2CCNCC2)c(OC)n1. The number of carbonyl (C=O) groups is 2. The first kappa shape index (κ1) is 31.7. The Kier molecular flexibility index (Phi) is 9.53. The zero-order chi connectivity index (χ0) is 32.1. The van der Waals surface area contributed by atoms with Crippen molar-refractivity contribution in [1.82, 2.24) is 20.1 Å². The second-order valence-corrected chi connectivity index (χ2v) is 12.5. The lowest BCUT2D eigenvalue weighted by Crippen LogP contribution is -2.34. The number of Topliss-reactive ketones (excluding diaryl/α,β-unsaturated/α-hetero) is 1. The van der Waals surface area contributed by atoms with Gasteiger partial charge in [-0.05, 0) is 74.7 Å². The van der Waals surface area contributed by atoms with Crippen LogP contribution in [0.5, 0.6) is 11.8 Å². The Bertz CT molecular complexity index is 1650. The Morgan fingerprint density at radius 1 is 0.956 bits per heavy atom. The van der Waals surface area contributed by atoms with Crippen LogP contribution >= 0.6 is 0 Å². The Hall–Kier alpha value is -4.70. The zero-order valence-corrected chi connectivity index (χ0v) is 26.8. The predicted molar refractivity (Wildman–Crippen MR) is 176 cm³/mol. The smallest absolute Gasteiger partial charge is 0.324 e. The molecule has 1 saturated heterocycles. The maximum atomic E-state index is 14.2. The van der Waals surface area contributed by atoms with Gasteiger partial charge in [-0.3, -0.25) is 10.1 Å². The standard InChI is InChI=1S/C35H42N6O4/c1-22-10-12-26(13-11-22)41-29(21-28(40-41)35(2,3)4)38-34(43)37-25-9-7-8-24(20-25)31(23-16-18-36-19-17-23)32(42)27-14-15-30(44-5)39-33(27)45-6/h7-15,20-21,23,31,36H,16-19H2,1-6H3,(H2,37,38,43). The molecular weight excluding hydrogens is 568 g/mol. The average Bonchev–Trinajstić information content (AvgIpc) is 3.46. The number of amides is 2. The minimum atomic E-state index is -0.446. The van der Waals surface area contributed by atoms with Gasteiger partial charge in [-0.15, -0.1) is 0 Å². The minimum Gasteiger partial charge on any atom is -0.481 e. The Balaban J connectivity index is 1.42. The van der Waals surface area contributed by atoms with E-state index in [4.69, 9.17) is 14.6 Å². The van der Waals surface area contributed by atoms with Crippen LogP contribution in [0.15, 0.2) is 66.7 Å². The van der Waals surface area contributed by atoms with Crippen molar-refractivity contribution < 1.29 is 19.1 Å². The molecule has 1 fully saturated rings. The highest BCUT2D eigenvalue weighted by Crippen LogP contribution is 2.37. The summed E-state index contributed by atoms with van der Waals surface area (Å²) in [4.78, 5) is 31.9. The van der Waals surface area contributed by atoms with Gasteiger partial charge in [0.1, 0.15) is 5.82 Å². The quantitative estimate of drug-likeness (QED) is 0.185. The van der Waals surface area contributed by atoms with Crippen molar-refractivity contribution in [2.75, 3.05) is 37.9 Å². The molecule has 1 atom stereocenters. The van der Waals surface area contributed by atoms with Gasteiger partial charge in [-0.25, -0.2) is 9.48 Å². The molecule has 10 heteroatoms. The van der Waals surface area contributed by atoms with Crippen LogP contribution in [0.25, 0.3) is 5.69 Å². The number of nitrogens with one attached hydrogen (secondary N) is 3. The lowest BCUT2D eigenvalue weighted by atomic mass is 9.76. The summed E-state index contributed by atoms with van der Waals surface area (Å²) in [6, 6.07) is 20.4. The van der Waals surface area contributed by atoms with Crippen LogP contribution in [0.1, 0.15) is 66.7 Å². The summed E-state index contributed by atoms with van der Waals surface area (Å²) in [6.07, 6.45) is 1.69. The molecule has 2 aromatic heterocycles. The highest BCUT2D eigenvalue weighted by molar-refractivity contribution is 6.03. The first-order chi connectivity index (χ1) is 21.6. The molecule has 3 heterocycles. The largest absolute Gasteiger partial charge is 0.481 e. The minimum absolute atomic E-state index is 0.0767. The molecule has 0 aliphatic carbocycles. The first-order valence-corrected chi connectivity index (χ1v) is 15.3. The first-order valence-electron chi connectivity index (χ1n) is 15.3. The van der Waals surface area contributed by atoms with E-state index in [9.17, 15) is 9.59 Å². The molecule has 1 aliphatic heterocycles. The van der Waals surface area contributed by atoms with E-state index < -0.39 is 11.9 Å². The van der Waals surface area contributed by atoms with E-state index in [2.05, 4.69) is 41.7 Å². The molecule has 3 N–H and O–H groups in total. The molecule has 2 amide bonds. The van der Waals surface area contributed by atoms with Gasteiger partial charge in [0.2, 0.25) is 11.8 Å². The summed E-state index contributed by atoms with van der Waals surface area (Å²) >= 11 is 0. The average molecular weight is 611 g/mol. The number of piperidine rings is 1. The maximum Gasteiger partial charge on any atom is 0.324 e. The van der Waals surface area contributed by atoms with Crippen LogP contribution in [0.3, 0.4) is 0 Å². The van der Waals surface area contributed by atoms with Crippen molar-refractivity contribution >= 4 is 23.3 Å². The molecular formula is C35H42N6O4. The number of ether oxygens (including phenoxy) is 2. The Morgan fingerprint density at radius 3 is 2.36 bits per heavy atom. The van der Waals surface area contributed by atoms with Crippen molar-refractivity contribution in [3.63, 3.8) is 0 Å². The number of ketones is 1. The summed E-state index contributed by atoms with van der Waals surface area (Å²) in [5, 5.41) is 14.2. The van der Waals surface area contributed by atoms with Gasteiger partial charge in [0, 0.05) is 23.2 Å². The number of rotatable bonds is 9. The number of hydrogen-bond donors (Lipinski definition) is 3. The Labute approximate surface area is 264 Å². The van der Waals surface area contributed by atoms with Gasteiger partial charge in [0.05, 0.1) is 37.1 Å². The third-order valence-electron chi connectivity index (χ3n) is 8.14. The molecule has 45 heavy (non-hydrogen) atoms. The third kappa shape index (κ3) is 7.34. The fourth-order valence-corrected chi connectivity index (χ4v) is 5.67. The number of hydrogen-bond acceptors (Lipinski definition) is 7. The molecule has 2 aromatic carbocycles. The number of urea groups is 1. The number of methoxy groups -OCH3 is 2. The summed E-state index contributed by atoms with van der Waals surface area (Å²) in [6.45, 7) is 9.95. The summed E-state index contributed by atoms with van der Waals surface area (Å²) in [7, 11) is 3.02. The molecule has 10 nitrogen and oxygen atoms in total. The van der Waals surface area contributed by atoms with E-state index in [0.29, 0.717) is 22.9 Å². The molecule has 5 rings (SSSR count). The number of anilines is 2. The molecule has 0 saturated carbocycles. The van der Waals surface area contributed by atoms with E-state index in [1.807, 2.05) is 61.5 Å². The molecule has 236 valence electrons. The fraction of sp³-hybridized carbons (Fsp3) is 0.371. The summed E-state index contributed by atoms with van der Waals surface area (Å²) in [5.41, 5.74) is 4.42. The maximum absolute atomic E-state index is 14.2. The van der Waals surface area contributed by atoms with Crippen LogP contribution in [0.4, 0.5) is 16.3 Å². The van der Waals surface area contributed by atoms with Gasteiger partial charge in [0.15, 0.2) is 5.78 Å². The van der Waals surface area contributed by atoms with Gasteiger partial charge in [0.25, 0.3) is 0 Å². The molecule has 0 bridgehead atoms. The highest BCUT2D eigenvalue weighted by atomic mass is 16.5. The van der Waals surface area contributed by atoms with Crippen molar-refractivity contribution in [2.45, 2.75) is 51.9 Å². The molecule has 0 radical (unpaired) electrons. The van der Waals surface area contributed by atoms with Crippen molar-refractivity contribution in [2.24, 2.45) is 5.92 Å². The van der Waals surface area contributed by atoms with Gasteiger partial charge < -0.3 is 20.1 Å². The van der Waals surface area contributed by atoms with Crippen LogP contribution in [0.2, 0.25) is 0 Å². The number of benzene rings is 2. The van der Waals surface area contributed by atoms with Crippen LogP contribution in [-0.2, 0) is 5.41 Å². The van der Waals surface area contributed by atoms with Gasteiger partial charge in [-0.2, -0.15) is 10.1 Å². The molecule has 1 unspecified atom stereocenters. The molecule has 0 spiro atoms. The van der Waals surface area contributed by atoms with E-state index in [-0.39, 0.29) is 23.0 Å². The van der Waals surface area contributed by atoms with E-state index >= 15 is 0 Å². The van der Waals surface area contributed by atoms with Gasteiger partial charge >= 0.3 is 6.03 Å². The van der Waals surface area contributed by atoms with E-state index in [1.165, 1.54) is 14.2 Å². The second-order valence-electron chi connectivity index (χ2n) is 12.5. The lowest BCUT2D eigenvalue weighted by Gasteiger charge is -2.30. The van der Waals surface area contributed by atoms with Crippen LogP contribution in [-0.4, -0.2) is 53.9 Å². The molecule has 4 aromatic rings.